The van der Waals surface area contributed by atoms with Gasteiger partial charge in [-0.25, -0.2) is 0 Å². The topological polar surface area (TPSA) is 38.3 Å². The van der Waals surface area contributed by atoms with Crippen molar-refractivity contribution in [1.29, 1.82) is 0 Å². The fourth-order valence-electron chi connectivity index (χ4n) is 2.17. The number of halogens is 4. The lowest BCUT2D eigenvalue weighted by Crippen LogP contribution is -2.32. The zero-order valence-electron chi connectivity index (χ0n) is 13.7. The van der Waals surface area contributed by atoms with Crippen molar-refractivity contribution in [3.63, 3.8) is 0 Å². The second-order valence-electron chi connectivity index (χ2n) is 5.46. The van der Waals surface area contributed by atoms with Crippen molar-refractivity contribution >= 4 is 23.2 Å². The third-order valence-corrected chi connectivity index (χ3v) is 3.91. The predicted octanol–water partition coefficient (Wildman–Crippen LogP) is 5.46. The number of anilines is 1. The highest BCUT2D eigenvalue weighted by atomic mass is 35.5. The summed E-state index contributed by atoms with van der Waals surface area (Å²) in [6.45, 7) is 3.58. The Morgan fingerprint density at radius 3 is 2.52 bits per heavy atom. The Labute approximate surface area is 148 Å². The lowest BCUT2D eigenvalue weighted by Gasteiger charge is -2.19. The first-order valence-electron chi connectivity index (χ1n) is 7.62. The quantitative estimate of drug-likeness (QED) is 0.757. The van der Waals surface area contributed by atoms with Crippen LogP contribution in [0.3, 0.4) is 0 Å². The second-order valence-corrected chi connectivity index (χ2v) is 5.87. The van der Waals surface area contributed by atoms with Gasteiger partial charge in [-0.15, -0.1) is 0 Å². The van der Waals surface area contributed by atoms with Crippen LogP contribution in [0.1, 0.15) is 24.5 Å². The number of ether oxygens (including phenoxy) is 1. The van der Waals surface area contributed by atoms with Crippen molar-refractivity contribution in [3.05, 3.63) is 58.6 Å². The zero-order chi connectivity index (χ0) is 18.6. The van der Waals surface area contributed by atoms with Gasteiger partial charge in [0, 0.05) is 0 Å². The first-order chi connectivity index (χ1) is 11.7. The SMILES string of the molecule is CC[C@H](Oc1ccccc1C)C(=O)Nc1cc(C(F)(F)F)ccc1Cl. The van der Waals surface area contributed by atoms with E-state index in [4.69, 9.17) is 16.3 Å². The Balaban J connectivity index is 2.18. The summed E-state index contributed by atoms with van der Waals surface area (Å²) < 4.78 is 44.1. The van der Waals surface area contributed by atoms with Crippen molar-refractivity contribution in [2.75, 3.05) is 5.32 Å². The largest absolute Gasteiger partial charge is 0.480 e. The number of aryl methyl sites for hydroxylation is 1. The molecule has 1 atom stereocenters. The maximum atomic E-state index is 12.8. The van der Waals surface area contributed by atoms with Crippen molar-refractivity contribution in [2.45, 2.75) is 32.5 Å². The molecule has 3 nitrogen and oxygen atoms in total. The average Bonchev–Trinajstić information content (AvgIpc) is 2.55. The average molecular weight is 372 g/mol. The van der Waals surface area contributed by atoms with Gasteiger partial charge in [0.15, 0.2) is 6.10 Å². The highest BCUT2D eigenvalue weighted by Gasteiger charge is 2.31. The Kier molecular flexibility index (Phi) is 5.95. The number of amides is 1. The molecule has 0 spiro atoms. The third kappa shape index (κ3) is 4.89. The smallest absolute Gasteiger partial charge is 0.416 e. The first-order valence-corrected chi connectivity index (χ1v) is 8.00. The van der Waals surface area contributed by atoms with Crippen LogP contribution in [0, 0.1) is 6.92 Å². The molecule has 25 heavy (non-hydrogen) atoms. The molecule has 1 N–H and O–H groups in total. The van der Waals surface area contributed by atoms with Gasteiger partial charge < -0.3 is 10.1 Å². The molecule has 0 saturated carbocycles. The Morgan fingerprint density at radius 2 is 1.92 bits per heavy atom. The lowest BCUT2D eigenvalue weighted by molar-refractivity contribution is -0.137. The fraction of sp³-hybridized carbons (Fsp3) is 0.278. The number of hydrogen-bond acceptors (Lipinski definition) is 2. The molecular formula is C18H17ClF3NO2. The van der Waals surface area contributed by atoms with Gasteiger partial charge in [-0.1, -0.05) is 36.7 Å². The molecule has 134 valence electrons. The molecule has 0 saturated heterocycles. The van der Waals surface area contributed by atoms with E-state index in [1.807, 2.05) is 19.1 Å². The van der Waals surface area contributed by atoms with E-state index in [9.17, 15) is 18.0 Å². The van der Waals surface area contributed by atoms with Crippen LogP contribution in [0.25, 0.3) is 0 Å². The molecule has 2 rings (SSSR count). The Bertz CT molecular complexity index is 762. The standard InChI is InChI=1S/C18H17ClF3NO2/c1-3-15(25-16-7-5-4-6-11(16)2)17(24)23-14-10-12(18(20,21)22)8-9-13(14)19/h4-10,15H,3H2,1-2H3,(H,23,24)/t15-/m0/s1. The van der Waals surface area contributed by atoms with Gasteiger partial charge in [0.2, 0.25) is 0 Å². The highest BCUT2D eigenvalue weighted by molar-refractivity contribution is 6.33. The van der Waals surface area contributed by atoms with E-state index in [0.717, 1.165) is 23.8 Å². The van der Waals surface area contributed by atoms with Gasteiger partial charge in [0.25, 0.3) is 5.91 Å². The van der Waals surface area contributed by atoms with Gasteiger partial charge in [0.05, 0.1) is 16.3 Å². The van der Waals surface area contributed by atoms with Gasteiger partial charge >= 0.3 is 6.18 Å². The van der Waals surface area contributed by atoms with Gasteiger partial charge in [-0.05, 0) is 43.2 Å². The predicted molar refractivity (Wildman–Crippen MR) is 91.0 cm³/mol. The number of para-hydroxylation sites is 1. The highest BCUT2D eigenvalue weighted by Crippen LogP contribution is 2.34. The summed E-state index contributed by atoms with van der Waals surface area (Å²) in [5, 5.41) is 2.44. The van der Waals surface area contributed by atoms with Crippen molar-refractivity contribution in [2.24, 2.45) is 0 Å². The number of rotatable bonds is 5. The van der Waals surface area contributed by atoms with Crippen molar-refractivity contribution in [3.8, 4) is 5.75 Å². The molecule has 0 aliphatic rings. The molecule has 0 bridgehead atoms. The van der Waals surface area contributed by atoms with Crippen LogP contribution >= 0.6 is 11.6 Å². The number of benzene rings is 2. The zero-order valence-corrected chi connectivity index (χ0v) is 14.4. The molecule has 0 radical (unpaired) electrons. The molecular weight excluding hydrogens is 355 g/mol. The van der Waals surface area contributed by atoms with Crippen LogP contribution in [0.2, 0.25) is 5.02 Å². The number of nitrogens with one attached hydrogen (secondary N) is 1. The summed E-state index contributed by atoms with van der Waals surface area (Å²) in [7, 11) is 0. The molecule has 7 heteroatoms. The number of carbonyl (C=O) groups is 1. The number of alkyl halides is 3. The number of hydrogen-bond donors (Lipinski definition) is 1. The normalized spacial score (nSPS) is 12.6. The van der Waals surface area contributed by atoms with E-state index in [2.05, 4.69) is 5.32 Å². The third-order valence-electron chi connectivity index (χ3n) is 3.58. The summed E-state index contributed by atoms with van der Waals surface area (Å²) in [4.78, 5) is 12.4. The minimum absolute atomic E-state index is 0.0205. The van der Waals surface area contributed by atoms with Crippen LogP contribution in [-0.4, -0.2) is 12.0 Å². The monoisotopic (exact) mass is 371 g/mol. The molecule has 2 aromatic rings. The van der Waals surface area contributed by atoms with E-state index in [1.165, 1.54) is 0 Å². The van der Waals surface area contributed by atoms with E-state index in [0.29, 0.717) is 12.2 Å². The molecule has 0 fully saturated rings. The fourth-order valence-corrected chi connectivity index (χ4v) is 2.34. The molecule has 0 unspecified atom stereocenters. The van der Waals surface area contributed by atoms with Crippen molar-refractivity contribution in [1.82, 2.24) is 0 Å². The second kappa shape index (κ2) is 7.78. The van der Waals surface area contributed by atoms with Crippen molar-refractivity contribution < 1.29 is 22.7 Å². The minimum atomic E-state index is -4.52. The lowest BCUT2D eigenvalue weighted by atomic mass is 10.1. The first kappa shape index (κ1) is 19.1. The van der Waals surface area contributed by atoms with Gasteiger partial charge in [-0.2, -0.15) is 13.2 Å². The summed E-state index contributed by atoms with van der Waals surface area (Å²) in [6.07, 6.45) is -5.03. The molecule has 0 aliphatic carbocycles. The van der Waals surface area contributed by atoms with Gasteiger partial charge in [-0.3, -0.25) is 4.79 Å². The van der Waals surface area contributed by atoms with Gasteiger partial charge in [0.1, 0.15) is 5.75 Å². The maximum absolute atomic E-state index is 12.8. The van der Waals surface area contributed by atoms with Crippen LogP contribution < -0.4 is 10.1 Å². The van der Waals surface area contributed by atoms with Crippen LogP contribution in [0.4, 0.5) is 18.9 Å². The number of carbonyl (C=O) groups excluding carboxylic acids is 1. The van der Waals surface area contributed by atoms with Crippen LogP contribution in [-0.2, 0) is 11.0 Å². The Morgan fingerprint density at radius 1 is 1.24 bits per heavy atom. The van der Waals surface area contributed by atoms with E-state index in [-0.39, 0.29) is 10.7 Å². The molecule has 2 aromatic carbocycles. The summed E-state index contributed by atoms with van der Waals surface area (Å²) in [5.41, 5.74) is -0.140. The van der Waals surface area contributed by atoms with E-state index < -0.39 is 23.8 Å². The van der Waals surface area contributed by atoms with E-state index in [1.54, 1.807) is 19.1 Å². The summed E-state index contributed by atoms with van der Waals surface area (Å²) in [5.74, 6) is -0.0217. The minimum Gasteiger partial charge on any atom is -0.480 e. The molecule has 0 aromatic heterocycles. The molecule has 0 heterocycles. The summed E-state index contributed by atoms with van der Waals surface area (Å²) >= 11 is 5.90. The van der Waals surface area contributed by atoms with Crippen LogP contribution in [0.5, 0.6) is 5.75 Å². The molecule has 1 amide bonds. The molecule has 0 aliphatic heterocycles. The maximum Gasteiger partial charge on any atom is 0.416 e. The summed E-state index contributed by atoms with van der Waals surface area (Å²) in [6, 6.07) is 9.94. The Hall–Kier alpha value is -2.21. The van der Waals surface area contributed by atoms with Crippen LogP contribution in [0.15, 0.2) is 42.5 Å². The van der Waals surface area contributed by atoms with E-state index >= 15 is 0 Å².